The molecule has 0 aromatic heterocycles. The molecule has 1 rings (SSSR count). The van der Waals surface area contributed by atoms with Gasteiger partial charge in [-0.2, -0.15) is 0 Å². The first-order valence-electron chi connectivity index (χ1n) is 3.62. The van der Waals surface area contributed by atoms with E-state index in [1.165, 1.54) is 0 Å². The minimum absolute atomic E-state index is 0.319. The summed E-state index contributed by atoms with van der Waals surface area (Å²) in [5.41, 5.74) is 0.928. The maximum absolute atomic E-state index is 9.37. The summed E-state index contributed by atoms with van der Waals surface area (Å²) in [5.74, 6) is 0.319. The molecule has 0 spiro atoms. The van der Waals surface area contributed by atoms with Crippen molar-refractivity contribution in [3.8, 4) is 0 Å². The molecule has 1 heterocycles. The molecular weight excluding hydrogens is 162 g/mol. The summed E-state index contributed by atoms with van der Waals surface area (Å²) in [6.45, 7) is 4.04. The van der Waals surface area contributed by atoms with Crippen LogP contribution in [0.3, 0.4) is 0 Å². The second-order valence-corrected chi connectivity index (χ2v) is 3.33. The van der Waals surface area contributed by atoms with Gasteiger partial charge >= 0.3 is 0 Å². The molecule has 0 aromatic rings. The Morgan fingerprint density at radius 1 is 1.64 bits per heavy atom. The number of hydrogen-bond acceptors (Lipinski definition) is 2. The third-order valence-corrected chi connectivity index (χ3v) is 1.88. The van der Waals surface area contributed by atoms with Crippen LogP contribution in [0.5, 0.6) is 0 Å². The fourth-order valence-corrected chi connectivity index (χ4v) is 1.21. The van der Waals surface area contributed by atoms with Gasteiger partial charge in [0, 0.05) is 6.20 Å². The van der Waals surface area contributed by atoms with E-state index in [1.54, 1.807) is 12.3 Å². The highest BCUT2D eigenvalue weighted by Crippen LogP contribution is 2.20. The number of nitrogens with one attached hydrogen (secondary N) is 1. The average Bonchev–Trinajstić information content (AvgIpc) is 1.94. The van der Waals surface area contributed by atoms with Gasteiger partial charge in [-0.15, -0.1) is 0 Å². The maximum Gasteiger partial charge on any atom is 0.146 e. The third kappa shape index (κ3) is 1.98. The molecule has 1 unspecified atom stereocenters. The van der Waals surface area contributed by atoms with Gasteiger partial charge in [0.15, 0.2) is 0 Å². The Morgan fingerprint density at radius 3 is 2.73 bits per heavy atom. The molecule has 0 radical (unpaired) electrons. The summed E-state index contributed by atoms with van der Waals surface area (Å²) in [4.78, 5) is 0. The summed E-state index contributed by atoms with van der Waals surface area (Å²) < 4.78 is 0. The molecule has 0 bridgehead atoms. The van der Waals surface area contributed by atoms with Crippen LogP contribution in [0.4, 0.5) is 0 Å². The minimum atomic E-state index is -0.572. The van der Waals surface area contributed by atoms with E-state index < -0.39 is 6.23 Å². The lowest BCUT2D eigenvalue weighted by atomic mass is 10.00. The number of allylic oxidation sites excluding steroid dienone is 2. The largest absolute Gasteiger partial charge is 0.370 e. The molecule has 0 aromatic carbocycles. The van der Waals surface area contributed by atoms with Crippen LogP contribution in [0.15, 0.2) is 22.9 Å². The van der Waals surface area contributed by atoms with E-state index in [-0.39, 0.29) is 0 Å². The van der Waals surface area contributed by atoms with Gasteiger partial charge in [0.25, 0.3) is 0 Å². The van der Waals surface area contributed by atoms with Gasteiger partial charge in [-0.25, -0.2) is 0 Å². The summed E-state index contributed by atoms with van der Waals surface area (Å²) in [6, 6.07) is 0. The first-order chi connectivity index (χ1) is 5.11. The van der Waals surface area contributed by atoms with Gasteiger partial charge in [0.2, 0.25) is 0 Å². The molecule has 2 nitrogen and oxygen atoms in total. The van der Waals surface area contributed by atoms with Crippen LogP contribution in [0.25, 0.3) is 0 Å². The molecule has 0 saturated carbocycles. The summed E-state index contributed by atoms with van der Waals surface area (Å²) >= 11 is 5.73. The third-order valence-electron chi connectivity index (χ3n) is 1.67. The number of aliphatic hydroxyl groups excluding tert-OH is 1. The number of halogens is 1. The molecule has 62 valence electrons. The molecule has 1 atom stereocenters. The first-order valence-corrected chi connectivity index (χ1v) is 4.00. The maximum atomic E-state index is 9.37. The highest BCUT2D eigenvalue weighted by molar-refractivity contribution is 6.31. The number of aliphatic hydroxyl groups is 1. The number of hydrogen-bond donors (Lipinski definition) is 2. The highest BCUT2D eigenvalue weighted by Gasteiger charge is 2.16. The SMILES string of the molecule is CC(C)C1=CC(Cl)=CNC1O. The fourth-order valence-electron chi connectivity index (χ4n) is 1.02. The van der Waals surface area contributed by atoms with Crippen LogP contribution in [0, 0.1) is 5.92 Å². The Morgan fingerprint density at radius 2 is 2.27 bits per heavy atom. The van der Waals surface area contributed by atoms with E-state index in [9.17, 15) is 5.11 Å². The van der Waals surface area contributed by atoms with Gasteiger partial charge in [0.1, 0.15) is 6.23 Å². The molecule has 11 heavy (non-hydrogen) atoms. The smallest absolute Gasteiger partial charge is 0.146 e. The van der Waals surface area contributed by atoms with Crippen LogP contribution in [-0.2, 0) is 0 Å². The average molecular weight is 174 g/mol. The standard InChI is InChI=1S/C8H12ClNO/c1-5(2)7-3-6(9)4-10-8(7)11/h3-5,8,10-11H,1-2H3. The van der Waals surface area contributed by atoms with Gasteiger partial charge in [-0.05, 0) is 17.6 Å². The van der Waals surface area contributed by atoms with Crippen LogP contribution < -0.4 is 5.32 Å². The van der Waals surface area contributed by atoms with Gasteiger partial charge < -0.3 is 10.4 Å². The Balaban J connectivity index is 2.81. The van der Waals surface area contributed by atoms with Crippen molar-refractivity contribution in [2.24, 2.45) is 5.92 Å². The molecule has 2 N–H and O–H groups in total. The van der Waals surface area contributed by atoms with Crippen LogP contribution in [0.2, 0.25) is 0 Å². The lowest BCUT2D eigenvalue weighted by molar-refractivity contribution is 0.177. The topological polar surface area (TPSA) is 32.3 Å². The van der Waals surface area contributed by atoms with E-state index in [4.69, 9.17) is 11.6 Å². The lowest BCUT2D eigenvalue weighted by Crippen LogP contribution is -2.30. The second-order valence-electron chi connectivity index (χ2n) is 2.90. The molecule has 0 saturated heterocycles. The second kappa shape index (κ2) is 3.28. The van der Waals surface area contributed by atoms with E-state index in [0.29, 0.717) is 11.0 Å². The predicted octanol–water partition coefficient (Wildman–Crippen LogP) is 1.57. The van der Waals surface area contributed by atoms with E-state index in [1.807, 2.05) is 13.8 Å². The van der Waals surface area contributed by atoms with E-state index in [2.05, 4.69) is 5.32 Å². The Labute approximate surface area is 71.6 Å². The molecule has 3 heteroatoms. The number of rotatable bonds is 1. The lowest BCUT2D eigenvalue weighted by Gasteiger charge is -2.21. The molecular formula is C8H12ClNO. The summed E-state index contributed by atoms with van der Waals surface area (Å²) in [6.07, 6.45) is 2.82. The van der Waals surface area contributed by atoms with Crippen molar-refractivity contribution < 1.29 is 5.11 Å². The van der Waals surface area contributed by atoms with Crippen molar-refractivity contribution in [1.29, 1.82) is 0 Å². The predicted molar refractivity (Wildman–Crippen MR) is 46.0 cm³/mol. The van der Waals surface area contributed by atoms with Crippen molar-refractivity contribution in [2.45, 2.75) is 20.1 Å². The molecule has 0 aliphatic carbocycles. The number of dihydropyridines is 1. The quantitative estimate of drug-likeness (QED) is 0.631. The van der Waals surface area contributed by atoms with Gasteiger partial charge in [-0.1, -0.05) is 25.4 Å². The Kier molecular flexibility index (Phi) is 2.58. The molecule has 0 amide bonds. The van der Waals surface area contributed by atoms with Crippen molar-refractivity contribution in [1.82, 2.24) is 5.32 Å². The fraction of sp³-hybridized carbons (Fsp3) is 0.500. The van der Waals surface area contributed by atoms with Crippen molar-refractivity contribution in [3.05, 3.63) is 22.9 Å². The van der Waals surface area contributed by atoms with Crippen molar-refractivity contribution in [2.75, 3.05) is 0 Å². The van der Waals surface area contributed by atoms with Crippen LogP contribution in [0.1, 0.15) is 13.8 Å². The zero-order chi connectivity index (χ0) is 8.43. The zero-order valence-electron chi connectivity index (χ0n) is 6.63. The van der Waals surface area contributed by atoms with Crippen LogP contribution >= 0.6 is 11.6 Å². The normalized spacial score (nSPS) is 24.3. The van der Waals surface area contributed by atoms with E-state index >= 15 is 0 Å². The van der Waals surface area contributed by atoms with E-state index in [0.717, 1.165) is 5.57 Å². The zero-order valence-corrected chi connectivity index (χ0v) is 7.39. The first kappa shape index (κ1) is 8.62. The van der Waals surface area contributed by atoms with Crippen molar-refractivity contribution >= 4 is 11.6 Å². The molecule has 1 aliphatic rings. The van der Waals surface area contributed by atoms with Crippen LogP contribution in [-0.4, -0.2) is 11.3 Å². The molecule has 1 aliphatic heterocycles. The van der Waals surface area contributed by atoms with Gasteiger partial charge in [0.05, 0.1) is 5.03 Å². The highest BCUT2D eigenvalue weighted by atomic mass is 35.5. The van der Waals surface area contributed by atoms with Gasteiger partial charge in [-0.3, -0.25) is 0 Å². The summed E-state index contributed by atoms with van der Waals surface area (Å²) in [5, 5.41) is 12.8. The van der Waals surface area contributed by atoms with Crippen molar-refractivity contribution in [3.63, 3.8) is 0 Å². The Hall–Kier alpha value is -0.470. The molecule has 0 fully saturated rings. The minimum Gasteiger partial charge on any atom is -0.370 e. The monoisotopic (exact) mass is 173 g/mol. The summed E-state index contributed by atoms with van der Waals surface area (Å²) in [7, 11) is 0. The Bertz CT molecular complexity index is 208.